The van der Waals surface area contributed by atoms with Gasteiger partial charge in [-0.1, -0.05) is 38.5 Å². The molecule has 1 aromatic carbocycles. The molecule has 0 saturated heterocycles. The number of nitrogens with one attached hydrogen (secondary N) is 1. The molecule has 120 valence electrons. The molecule has 0 unspecified atom stereocenters. The van der Waals surface area contributed by atoms with E-state index in [1.807, 2.05) is 37.8 Å². The Morgan fingerprint density at radius 3 is 2.68 bits per heavy atom. The number of hydrogen-bond donors (Lipinski definition) is 1. The Kier molecular flexibility index (Phi) is 4.89. The molecule has 22 heavy (non-hydrogen) atoms. The van der Waals surface area contributed by atoms with Gasteiger partial charge < -0.3 is 10.2 Å². The van der Waals surface area contributed by atoms with Gasteiger partial charge >= 0.3 is 0 Å². The third-order valence-corrected chi connectivity index (χ3v) is 3.96. The van der Waals surface area contributed by atoms with E-state index in [2.05, 4.69) is 18.3 Å². The summed E-state index contributed by atoms with van der Waals surface area (Å²) in [7, 11) is 0. The lowest BCUT2D eigenvalue weighted by Crippen LogP contribution is -2.40. The lowest BCUT2D eigenvalue weighted by atomic mass is 9.96. The minimum atomic E-state index is -0.418. The Bertz CT molecular complexity index is 573. The number of carbonyl (C=O) groups is 2. The van der Waals surface area contributed by atoms with Gasteiger partial charge in [-0.25, -0.2) is 0 Å². The molecule has 2 amide bonds. The second-order valence-electron chi connectivity index (χ2n) is 7.04. The van der Waals surface area contributed by atoms with Crippen LogP contribution in [0.1, 0.15) is 44.7 Å². The topological polar surface area (TPSA) is 49.4 Å². The molecule has 1 aliphatic rings. The number of hydrogen-bond acceptors (Lipinski definition) is 2. The van der Waals surface area contributed by atoms with Crippen molar-refractivity contribution in [3.05, 3.63) is 29.3 Å². The molecule has 1 aromatic rings. The summed E-state index contributed by atoms with van der Waals surface area (Å²) in [6.45, 7) is 8.84. The summed E-state index contributed by atoms with van der Waals surface area (Å²) in [4.78, 5) is 26.1. The molecule has 0 radical (unpaired) electrons. The van der Waals surface area contributed by atoms with Crippen LogP contribution in [-0.2, 0) is 16.0 Å². The number of nitrogens with zero attached hydrogens (tertiary/aromatic N) is 1. The van der Waals surface area contributed by atoms with Crippen molar-refractivity contribution in [1.82, 2.24) is 5.32 Å². The minimum absolute atomic E-state index is 0.0185. The predicted molar refractivity (Wildman–Crippen MR) is 88.9 cm³/mol. The minimum Gasteiger partial charge on any atom is -0.355 e. The van der Waals surface area contributed by atoms with E-state index in [-0.39, 0.29) is 11.8 Å². The van der Waals surface area contributed by atoms with Crippen LogP contribution in [0.5, 0.6) is 0 Å². The van der Waals surface area contributed by atoms with Crippen molar-refractivity contribution in [2.45, 2.75) is 47.0 Å². The molecule has 4 heteroatoms. The van der Waals surface area contributed by atoms with E-state index in [0.29, 0.717) is 13.0 Å². The quantitative estimate of drug-likeness (QED) is 0.933. The molecule has 0 aromatic heterocycles. The van der Waals surface area contributed by atoms with Crippen LogP contribution in [0.25, 0.3) is 0 Å². The summed E-state index contributed by atoms with van der Waals surface area (Å²) >= 11 is 0. The molecule has 0 bridgehead atoms. The van der Waals surface area contributed by atoms with Crippen LogP contribution in [0.2, 0.25) is 0 Å². The standard InChI is InChI=1S/C18H26N2O2/c1-13-7-8-15-14(12-13)6-5-11-20(15)16(21)9-10-19-17(22)18(2,3)4/h7-8,12H,5-6,9-11H2,1-4H3,(H,19,22). The molecule has 0 aliphatic carbocycles. The normalized spacial score (nSPS) is 14.5. The van der Waals surface area contributed by atoms with Gasteiger partial charge in [-0.3, -0.25) is 9.59 Å². The Labute approximate surface area is 132 Å². The third-order valence-electron chi connectivity index (χ3n) is 3.96. The van der Waals surface area contributed by atoms with Crippen LogP contribution >= 0.6 is 0 Å². The van der Waals surface area contributed by atoms with Crippen LogP contribution in [0.15, 0.2) is 18.2 Å². The Morgan fingerprint density at radius 2 is 2.00 bits per heavy atom. The lowest BCUT2D eigenvalue weighted by Gasteiger charge is -2.30. The van der Waals surface area contributed by atoms with E-state index >= 15 is 0 Å². The monoisotopic (exact) mass is 302 g/mol. The number of carbonyl (C=O) groups excluding carboxylic acids is 2. The molecular weight excluding hydrogens is 276 g/mol. The summed E-state index contributed by atoms with van der Waals surface area (Å²) in [5.41, 5.74) is 3.09. The smallest absolute Gasteiger partial charge is 0.228 e. The maximum Gasteiger partial charge on any atom is 0.228 e. The van der Waals surface area contributed by atoms with Gasteiger partial charge in [0, 0.05) is 30.6 Å². The first-order chi connectivity index (χ1) is 10.3. The van der Waals surface area contributed by atoms with Gasteiger partial charge in [-0.2, -0.15) is 0 Å². The summed E-state index contributed by atoms with van der Waals surface area (Å²) in [6.07, 6.45) is 2.37. The van der Waals surface area contributed by atoms with Crippen LogP contribution in [0.4, 0.5) is 5.69 Å². The highest BCUT2D eigenvalue weighted by Gasteiger charge is 2.24. The molecule has 2 rings (SSSR count). The van der Waals surface area contributed by atoms with E-state index in [0.717, 1.165) is 25.1 Å². The van der Waals surface area contributed by atoms with Crippen molar-refractivity contribution in [1.29, 1.82) is 0 Å². The number of benzene rings is 1. The number of fused-ring (bicyclic) bond motifs is 1. The molecule has 0 saturated carbocycles. The van der Waals surface area contributed by atoms with Crippen LogP contribution in [-0.4, -0.2) is 24.9 Å². The largest absolute Gasteiger partial charge is 0.355 e. The van der Waals surface area contributed by atoms with Crippen molar-refractivity contribution >= 4 is 17.5 Å². The maximum atomic E-state index is 12.5. The SMILES string of the molecule is Cc1ccc2c(c1)CCCN2C(=O)CCNC(=O)C(C)(C)C. The van der Waals surface area contributed by atoms with Gasteiger partial charge in [0.05, 0.1) is 0 Å². The first-order valence-electron chi connectivity index (χ1n) is 7.97. The zero-order chi connectivity index (χ0) is 16.3. The highest BCUT2D eigenvalue weighted by molar-refractivity contribution is 5.95. The summed E-state index contributed by atoms with van der Waals surface area (Å²) in [6, 6.07) is 6.25. The summed E-state index contributed by atoms with van der Waals surface area (Å²) < 4.78 is 0. The molecular formula is C18H26N2O2. The van der Waals surface area contributed by atoms with Gasteiger partial charge in [0.2, 0.25) is 11.8 Å². The van der Waals surface area contributed by atoms with E-state index in [1.165, 1.54) is 11.1 Å². The molecule has 0 spiro atoms. The van der Waals surface area contributed by atoms with Crippen LogP contribution in [0, 0.1) is 12.3 Å². The number of aryl methyl sites for hydroxylation is 2. The maximum absolute atomic E-state index is 12.5. The average Bonchev–Trinajstić information content (AvgIpc) is 2.45. The predicted octanol–water partition coefficient (Wildman–Crippen LogP) is 2.83. The molecule has 1 N–H and O–H groups in total. The van der Waals surface area contributed by atoms with Crippen LogP contribution in [0.3, 0.4) is 0 Å². The molecule has 1 heterocycles. The second kappa shape index (κ2) is 6.51. The fourth-order valence-corrected chi connectivity index (χ4v) is 2.67. The zero-order valence-electron chi connectivity index (χ0n) is 14.0. The van der Waals surface area contributed by atoms with Crippen molar-refractivity contribution in [3.63, 3.8) is 0 Å². The molecule has 4 nitrogen and oxygen atoms in total. The van der Waals surface area contributed by atoms with Gasteiger partial charge in [0.25, 0.3) is 0 Å². The van der Waals surface area contributed by atoms with Gasteiger partial charge in [-0.15, -0.1) is 0 Å². The van der Waals surface area contributed by atoms with Crippen molar-refractivity contribution in [2.24, 2.45) is 5.41 Å². The number of anilines is 1. The summed E-state index contributed by atoms with van der Waals surface area (Å²) in [5.74, 6) is 0.0639. The highest BCUT2D eigenvalue weighted by atomic mass is 16.2. The second-order valence-corrected chi connectivity index (χ2v) is 7.04. The van der Waals surface area contributed by atoms with E-state index in [1.54, 1.807) is 0 Å². The molecule has 0 fully saturated rings. The van der Waals surface area contributed by atoms with Crippen LogP contribution < -0.4 is 10.2 Å². The van der Waals surface area contributed by atoms with E-state index in [4.69, 9.17) is 0 Å². The highest BCUT2D eigenvalue weighted by Crippen LogP contribution is 2.28. The fraction of sp³-hybridized carbons (Fsp3) is 0.556. The number of amides is 2. The molecule has 1 aliphatic heterocycles. The zero-order valence-corrected chi connectivity index (χ0v) is 14.0. The van der Waals surface area contributed by atoms with Gasteiger partial charge in [0.1, 0.15) is 0 Å². The average molecular weight is 302 g/mol. The fourth-order valence-electron chi connectivity index (χ4n) is 2.67. The lowest BCUT2D eigenvalue weighted by molar-refractivity contribution is -0.128. The third kappa shape index (κ3) is 3.87. The molecule has 0 atom stereocenters. The first-order valence-corrected chi connectivity index (χ1v) is 7.97. The van der Waals surface area contributed by atoms with E-state index in [9.17, 15) is 9.59 Å². The van der Waals surface area contributed by atoms with Crippen molar-refractivity contribution in [3.8, 4) is 0 Å². The Hall–Kier alpha value is -1.84. The first kappa shape index (κ1) is 16.5. The van der Waals surface area contributed by atoms with E-state index < -0.39 is 5.41 Å². The van der Waals surface area contributed by atoms with Gasteiger partial charge in [0.15, 0.2) is 0 Å². The van der Waals surface area contributed by atoms with Crippen molar-refractivity contribution < 1.29 is 9.59 Å². The Morgan fingerprint density at radius 1 is 1.27 bits per heavy atom. The summed E-state index contributed by atoms with van der Waals surface area (Å²) in [5, 5.41) is 2.84. The van der Waals surface area contributed by atoms with Gasteiger partial charge in [-0.05, 0) is 31.4 Å². The Balaban J connectivity index is 1.96. The van der Waals surface area contributed by atoms with Crippen molar-refractivity contribution in [2.75, 3.05) is 18.0 Å². The number of rotatable bonds is 3.